The van der Waals surface area contributed by atoms with E-state index in [4.69, 9.17) is 15.3 Å². The van der Waals surface area contributed by atoms with E-state index in [0.29, 0.717) is 0 Å². The zero-order chi connectivity index (χ0) is 9.94. The lowest BCUT2D eigenvalue weighted by Crippen LogP contribution is -2.52. The molecule has 0 aliphatic rings. The van der Waals surface area contributed by atoms with Gasteiger partial charge in [0.05, 0.1) is 6.61 Å². The minimum Gasteiger partial charge on any atom is -0.394 e. The second-order valence-electron chi connectivity index (χ2n) is 2.90. The summed E-state index contributed by atoms with van der Waals surface area (Å²) in [6, 6.07) is 0. The van der Waals surface area contributed by atoms with Crippen LogP contribution in [0.1, 0.15) is 13.8 Å². The summed E-state index contributed by atoms with van der Waals surface area (Å²) in [4.78, 5) is 10.7. The fourth-order valence-corrected chi connectivity index (χ4v) is 0.683. The molecule has 5 heteroatoms. The van der Waals surface area contributed by atoms with Crippen LogP contribution in [0.4, 0.5) is 0 Å². The van der Waals surface area contributed by atoms with Crippen molar-refractivity contribution in [3.8, 4) is 0 Å². The maximum atomic E-state index is 10.7. The highest BCUT2D eigenvalue weighted by Crippen LogP contribution is 2.14. The Morgan fingerprint density at radius 3 is 2.17 bits per heavy atom. The quantitative estimate of drug-likeness (QED) is 0.401. The van der Waals surface area contributed by atoms with Crippen LogP contribution in [-0.2, 0) is 4.79 Å². The molecule has 0 saturated carbocycles. The minimum atomic E-state index is -2.01. The summed E-state index contributed by atoms with van der Waals surface area (Å²) >= 11 is 0. The molecule has 0 aliphatic carbocycles. The first-order chi connectivity index (χ1) is 5.34. The summed E-state index contributed by atoms with van der Waals surface area (Å²) in [5.41, 5.74) is -2.01. The summed E-state index contributed by atoms with van der Waals surface area (Å²) in [7, 11) is 0. The van der Waals surface area contributed by atoms with E-state index in [0.717, 1.165) is 13.8 Å². The number of rotatable bonds is 4. The van der Waals surface area contributed by atoms with Gasteiger partial charge in [-0.25, -0.2) is 0 Å². The van der Waals surface area contributed by atoms with Crippen molar-refractivity contribution in [1.82, 2.24) is 0 Å². The van der Waals surface area contributed by atoms with Gasteiger partial charge in [-0.15, -0.1) is 0 Å². The van der Waals surface area contributed by atoms with E-state index in [9.17, 15) is 9.90 Å². The molecule has 72 valence electrons. The maximum Gasteiger partial charge on any atom is 0.163 e. The van der Waals surface area contributed by atoms with E-state index in [-0.39, 0.29) is 0 Å². The van der Waals surface area contributed by atoms with Gasteiger partial charge in [-0.1, -0.05) is 0 Å². The molecule has 0 aromatic heterocycles. The normalized spacial score (nSPS) is 21.2. The number of aliphatic hydroxyl groups excluding tert-OH is 3. The molecule has 0 aliphatic heterocycles. The molecule has 0 aromatic carbocycles. The van der Waals surface area contributed by atoms with Crippen LogP contribution in [0.3, 0.4) is 0 Å². The van der Waals surface area contributed by atoms with Crippen LogP contribution in [0.5, 0.6) is 0 Å². The Balaban J connectivity index is 4.44. The summed E-state index contributed by atoms with van der Waals surface area (Å²) < 4.78 is 0. The monoisotopic (exact) mass is 178 g/mol. The van der Waals surface area contributed by atoms with E-state index in [2.05, 4.69) is 0 Å². The average Bonchev–Trinajstić information content (AvgIpc) is 2.01. The summed E-state index contributed by atoms with van der Waals surface area (Å²) in [5, 5.41) is 35.7. The van der Waals surface area contributed by atoms with Crippen LogP contribution < -0.4 is 0 Å². The highest BCUT2D eigenvalue weighted by atomic mass is 16.4. The second-order valence-corrected chi connectivity index (χ2v) is 2.90. The predicted molar refractivity (Wildman–Crippen MR) is 40.4 cm³/mol. The summed E-state index contributed by atoms with van der Waals surface area (Å²) in [6.45, 7) is 1.47. The van der Waals surface area contributed by atoms with Gasteiger partial charge in [0.1, 0.15) is 17.8 Å². The van der Waals surface area contributed by atoms with Gasteiger partial charge in [-0.3, -0.25) is 4.79 Å². The maximum absolute atomic E-state index is 10.7. The van der Waals surface area contributed by atoms with Crippen molar-refractivity contribution < 1.29 is 25.2 Å². The average molecular weight is 178 g/mol. The van der Waals surface area contributed by atoms with Crippen molar-refractivity contribution in [3.05, 3.63) is 0 Å². The Kier molecular flexibility index (Phi) is 3.79. The molecule has 0 fully saturated rings. The van der Waals surface area contributed by atoms with Gasteiger partial charge in [0.2, 0.25) is 0 Å². The van der Waals surface area contributed by atoms with E-state index in [1.807, 2.05) is 0 Å². The van der Waals surface area contributed by atoms with E-state index < -0.39 is 30.2 Å². The van der Waals surface area contributed by atoms with Crippen LogP contribution in [-0.4, -0.2) is 50.6 Å². The van der Waals surface area contributed by atoms with Gasteiger partial charge < -0.3 is 20.4 Å². The number of carbonyl (C=O) groups is 1. The van der Waals surface area contributed by atoms with Crippen LogP contribution in [0.25, 0.3) is 0 Å². The minimum absolute atomic E-state index is 0.664. The van der Waals surface area contributed by atoms with Crippen molar-refractivity contribution in [3.63, 3.8) is 0 Å². The topological polar surface area (TPSA) is 98.0 Å². The largest absolute Gasteiger partial charge is 0.394 e. The third-order valence-corrected chi connectivity index (χ3v) is 1.84. The highest BCUT2D eigenvalue weighted by molar-refractivity contribution is 5.84. The SMILES string of the molecule is CC(=O)[C@](C)(O)[C@@H](O)[C@H](O)CO. The fourth-order valence-electron chi connectivity index (χ4n) is 0.683. The molecule has 0 amide bonds. The van der Waals surface area contributed by atoms with Gasteiger partial charge in [-0.05, 0) is 13.8 Å². The molecule has 0 unspecified atom stereocenters. The van der Waals surface area contributed by atoms with Crippen LogP contribution in [0, 0.1) is 0 Å². The number of carbonyl (C=O) groups excluding carboxylic acids is 1. The molecule has 0 rings (SSSR count). The first-order valence-corrected chi connectivity index (χ1v) is 3.54. The zero-order valence-corrected chi connectivity index (χ0v) is 7.06. The summed E-state index contributed by atoms with van der Waals surface area (Å²) in [6.07, 6.45) is -3.18. The lowest BCUT2D eigenvalue weighted by molar-refractivity contribution is -0.158. The Morgan fingerprint density at radius 1 is 1.50 bits per heavy atom. The number of Topliss-reactive ketones (excluding diaryl/α,β-unsaturated/α-hetero) is 1. The molecule has 0 spiro atoms. The van der Waals surface area contributed by atoms with Crippen molar-refractivity contribution in [2.75, 3.05) is 6.61 Å². The summed E-state index contributed by atoms with van der Waals surface area (Å²) in [5.74, 6) is -0.664. The van der Waals surface area contributed by atoms with Crippen LogP contribution in [0.2, 0.25) is 0 Å². The first kappa shape index (κ1) is 11.5. The molecule has 0 bridgehead atoms. The van der Waals surface area contributed by atoms with E-state index in [1.165, 1.54) is 0 Å². The van der Waals surface area contributed by atoms with Crippen molar-refractivity contribution >= 4 is 5.78 Å². The zero-order valence-electron chi connectivity index (χ0n) is 7.06. The van der Waals surface area contributed by atoms with Gasteiger partial charge in [0, 0.05) is 0 Å². The predicted octanol–water partition coefficient (Wildman–Crippen LogP) is -1.96. The van der Waals surface area contributed by atoms with Gasteiger partial charge in [0.15, 0.2) is 5.78 Å². The van der Waals surface area contributed by atoms with Gasteiger partial charge in [0.25, 0.3) is 0 Å². The second kappa shape index (κ2) is 3.95. The van der Waals surface area contributed by atoms with Crippen molar-refractivity contribution in [2.45, 2.75) is 31.7 Å². The Hall–Kier alpha value is -0.490. The molecule has 5 nitrogen and oxygen atoms in total. The highest BCUT2D eigenvalue weighted by Gasteiger charge is 2.39. The first-order valence-electron chi connectivity index (χ1n) is 3.54. The Morgan fingerprint density at radius 2 is 1.92 bits per heavy atom. The lowest BCUT2D eigenvalue weighted by atomic mass is 9.91. The number of hydrogen-bond donors (Lipinski definition) is 4. The molecule has 3 atom stereocenters. The lowest BCUT2D eigenvalue weighted by Gasteiger charge is -2.28. The number of hydrogen-bond acceptors (Lipinski definition) is 5. The Labute approximate surface area is 70.3 Å². The molecule has 0 aromatic rings. The molecule has 12 heavy (non-hydrogen) atoms. The van der Waals surface area contributed by atoms with E-state index >= 15 is 0 Å². The van der Waals surface area contributed by atoms with Gasteiger partial charge >= 0.3 is 0 Å². The van der Waals surface area contributed by atoms with Crippen molar-refractivity contribution in [2.24, 2.45) is 0 Å². The van der Waals surface area contributed by atoms with E-state index in [1.54, 1.807) is 0 Å². The number of aliphatic hydroxyl groups is 4. The Bertz CT molecular complexity index is 165. The van der Waals surface area contributed by atoms with Crippen molar-refractivity contribution in [1.29, 1.82) is 0 Å². The van der Waals surface area contributed by atoms with Gasteiger partial charge in [-0.2, -0.15) is 0 Å². The number of ketones is 1. The standard InChI is InChI=1S/C7H14O5/c1-4(9)7(2,12)6(11)5(10)3-8/h5-6,8,10-12H,3H2,1-2H3/t5-,6+,7+/m1/s1. The molecular formula is C7H14O5. The molecular weight excluding hydrogens is 164 g/mol. The fraction of sp³-hybridized carbons (Fsp3) is 0.857. The third-order valence-electron chi connectivity index (χ3n) is 1.84. The van der Waals surface area contributed by atoms with Crippen LogP contribution >= 0.6 is 0 Å². The smallest absolute Gasteiger partial charge is 0.163 e. The molecule has 0 saturated heterocycles. The molecule has 0 heterocycles. The molecule has 0 radical (unpaired) electrons. The van der Waals surface area contributed by atoms with Crippen LogP contribution in [0.15, 0.2) is 0 Å². The molecule has 4 N–H and O–H groups in total. The third kappa shape index (κ3) is 2.25.